The van der Waals surface area contributed by atoms with E-state index in [1.807, 2.05) is 13.8 Å². The second-order valence-electron chi connectivity index (χ2n) is 4.70. The second kappa shape index (κ2) is 4.45. The number of anilines is 1. The van der Waals surface area contributed by atoms with Gasteiger partial charge in [0.15, 0.2) is 0 Å². The summed E-state index contributed by atoms with van der Waals surface area (Å²) in [5, 5.41) is 16.4. The van der Waals surface area contributed by atoms with Crippen LogP contribution in [0.2, 0.25) is 0 Å². The van der Waals surface area contributed by atoms with Crippen LogP contribution in [0.25, 0.3) is 0 Å². The molecule has 6 nitrogen and oxygen atoms in total. The molecule has 0 spiro atoms. The average molecular weight is 235 g/mol. The molecule has 17 heavy (non-hydrogen) atoms. The molecular weight excluding hydrogens is 218 g/mol. The maximum Gasteiger partial charge on any atom is 0.219 e. The predicted octanol–water partition coefficient (Wildman–Crippen LogP) is 0.666. The number of rotatable bonds is 4. The lowest BCUT2D eigenvalue weighted by molar-refractivity contribution is -0.118. The monoisotopic (exact) mass is 235 g/mol. The Morgan fingerprint density at radius 3 is 2.71 bits per heavy atom. The summed E-state index contributed by atoms with van der Waals surface area (Å²) in [6.07, 6.45) is 0.183. The first-order chi connectivity index (χ1) is 7.76. The Balaban J connectivity index is 3.03. The molecule has 0 unspecified atom stereocenters. The van der Waals surface area contributed by atoms with Crippen LogP contribution in [0, 0.1) is 18.3 Å². The van der Waals surface area contributed by atoms with Crippen molar-refractivity contribution in [2.75, 3.05) is 5.32 Å². The lowest BCUT2D eigenvalue weighted by Gasteiger charge is -2.26. The number of aryl methyl sites for hydroxylation is 2. The number of nitrogens with two attached hydrogens (primary N) is 1. The van der Waals surface area contributed by atoms with Crippen molar-refractivity contribution < 1.29 is 4.79 Å². The molecule has 3 N–H and O–H groups in total. The molecule has 0 aliphatic heterocycles. The highest BCUT2D eigenvalue weighted by Gasteiger charge is 2.24. The van der Waals surface area contributed by atoms with E-state index < -0.39 is 5.54 Å². The first-order valence-corrected chi connectivity index (χ1v) is 5.27. The number of hydrogen-bond acceptors (Lipinski definition) is 4. The van der Waals surface area contributed by atoms with Crippen molar-refractivity contribution in [1.82, 2.24) is 9.78 Å². The molecule has 1 amide bonds. The number of amides is 1. The van der Waals surface area contributed by atoms with Crippen LogP contribution in [0.5, 0.6) is 0 Å². The topological polar surface area (TPSA) is 96.7 Å². The number of nitrogens with zero attached hydrogens (tertiary/aromatic N) is 3. The molecule has 0 bridgehead atoms. The van der Waals surface area contributed by atoms with E-state index in [0.29, 0.717) is 17.1 Å². The fourth-order valence-electron chi connectivity index (χ4n) is 1.74. The van der Waals surface area contributed by atoms with Crippen LogP contribution in [-0.2, 0) is 11.8 Å². The van der Waals surface area contributed by atoms with E-state index >= 15 is 0 Å². The van der Waals surface area contributed by atoms with Gasteiger partial charge in [-0.3, -0.25) is 9.48 Å². The maximum atomic E-state index is 10.9. The van der Waals surface area contributed by atoms with E-state index in [-0.39, 0.29) is 12.3 Å². The quantitative estimate of drug-likeness (QED) is 0.801. The summed E-state index contributed by atoms with van der Waals surface area (Å²) >= 11 is 0. The Hall–Kier alpha value is -2.03. The zero-order valence-corrected chi connectivity index (χ0v) is 10.5. The van der Waals surface area contributed by atoms with Gasteiger partial charge in [0.1, 0.15) is 17.5 Å². The van der Waals surface area contributed by atoms with Crippen LogP contribution < -0.4 is 11.1 Å². The highest BCUT2D eigenvalue weighted by atomic mass is 16.1. The van der Waals surface area contributed by atoms with Crippen LogP contribution in [-0.4, -0.2) is 21.2 Å². The van der Waals surface area contributed by atoms with Gasteiger partial charge in [0.05, 0.1) is 5.69 Å². The number of carbonyl (C=O) groups excluding carboxylic acids is 1. The molecule has 1 aromatic heterocycles. The Bertz CT molecular complexity index is 481. The van der Waals surface area contributed by atoms with Crippen LogP contribution in [0.4, 0.5) is 5.82 Å². The van der Waals surface area contributed by atoms with Gasteiger partial charge in [-0.15, -0.1) is 0 Å². The first-order valence-electron chi connectivity index (χ1n) is 5.27. The van der Waals surface area contributed by atoms with Gasteiger partial charge in [0.2, 0.25) is 5.91 Å². The van der Waals surface area contributed by atoms with Crippen LogP contribution in [0.15, 0.2) is 0 Å². The molecule has 1 heterocycles. The van der Waals surface area contributed by atoms with Crippen LogP contribution in [0.3, 0.4) is 0 Å². The number of nitriles is 1. The second-order valence-corrected chi connectivity index (χ2v) is 4.70. The summed E-state index contributed by atoms with van der Waals surface area (Å²) in [5.74, 6) is 0.219. The molecule has 0 atom stereocenters. The lowest BCUT2D eigenvalue weighted by atomic mass is 10.00. The Labute approximate surface area is 100 Å². The summed E-state index contributed by atoms with van der Waals surface area (Å²) in [6.45, 7) is 5.47. The molecule has 0 saturated carbocycles. The smallest absolute Gasteiger partial charge is 0.219 e. The molecule has 6 heteroatoms. The van der Waals surface area contributed by atoms with Crippen molar-refractivity contribution in [3.8, 4) is 6.07 Å². The van der Waals surface area contributed by atoms with E-state index in [1.54, 1.807) is 18.7 Å². The standard InChI is InChI=1S/C11H17N5O/c1-7-8(6-12)10(16(4)15-7)14-11(2,3)5-9(13)17/h14H,5H2,1-4H3,(H2,13,17). The maximum absolute atomic E-state index is 10.9. The molecule has 0 aliphatic rings. The minimum Gasteiger partial charge on any atom is -0.370 e. The molecular formula is C11H17N5O. The van der Waals surface area contributed by atoms with E-state index in [1.165, 1.54) is 0 Å². The fraction of sp³-hybridized carbons (Fsp3) is 0.545. The van der Waals surface area contributed by atoms with E-state index in [2.05, 4.69) is 16.5 Å². The number of carbonyl (C=O) groups is 1. The normalized spacial score (nSPS) is 11.0. The van der Waals surface area contributed by atoms with Gasteiger partial charge in [-0.05, 0) is 20.8 Å². The Morgan fingerprint density at radius 1 is 1.65 bits per heavy atom. The molecule has 1 rings (SSSR count). The van der Waals surface area contributed by atoms with Gasteiger partial charge >= 0.3 is 0 Å². The molecule has 0 fully saturated rings. The molecule has 0 aliphatic carbocycles. The number of nitrogens with one attached hydrogen (secondary N) is 1. The number of aromatic nitrogens is 2. The van der Waals surface area contributed by atoms with Crippen molar-refractivity contribution in [3.63, 3.8) is 0 Å². The minimum atomic E-state index is -0.516. The third-order valence-electron chi connectivity index (χ3n) is 2.41. The highest BCUT2D eigenvalue weighted by molar-refractivity contribution is 5.75. The Kier molecular flexibility index (Phi) is 3.42. The lowest BCUT2D eigenvalue weighted by Crippen LogP contribution is -2.36. The largest absolute Gasteiger partial charge is 0.370 e. The van der Waals surface area contributed by atoms with Crippen LogP contribution >= 0.6 is 0 Å². The summed E-state index contributed by atoms with van der Waals surface area (Å²) in [6, 6.07) is 2.10. The third kappa shape index (κ3) is 2.97. The molecule has 0 radical (unpaired) electrons. The SMILES string of the molecule is Cc1nn(C)c(NC(C)(C)CC(N)=O)c1C#N. The van der Waals surface area contributed by atoms with Gasteiger partial charge in [0, 0.05) is 19.0 Å². The zero-order chi connectivity index (χ0) is 13.2. The van der Waals surface area contributed by atoms with E-state index in [9.17, 15) is 4.79 Å². The van der Waals surface area contributed by atoms with Crippen molar-refractivity contribution in [2.24, 2.45) is 12.8 Å². The first kappa shape index (κ1) is 13.0. The highest BCUT2D eigenvalue weighted by Crippen LogP contribution is 2.23. The van der Waals surface area contributed by atoms with Gasteiger partial charge < -0.3 is 11.1 Å². The molecule has 92 valence electrons. The van der Waals surface area contributed by atoms with Gasteiger partial charge in [-0.1, -0.05) is 0 Å². The molecule has 1 aromatic rings. The van der Waals surface area contributed by atoms with Crippen LogP contribution in [0.1, 0.15) is 31.5 Å². The van der Waals surface area contributed by atoms with Crippen molar-refractivity contribution in [1.29, 1.82) is 5.26 Å². The average Bonchev–Trinajstić information content (AvgIpc) is 2.38. The van der Waals surface area contributed by atoms with Gasteiger partial charge in [0.25, 0.3) is 0 Å². The summed E-state index contributed by atoms with van der Waals surface area (Å²) in [5.41, 5.74) is 5.81. The van der Waals surface area contributed by atoms with Gasteiger partial charge in [-0.2, -0.15) is 10.4 Å². The van der Waals surface area contributed by atoms with Crippen molar-refractivity contribution in [3.05, 3.63) is 11.3 Å². The zero-order valence-electron chi connectivity index (χ0n) is 10.5. The minimum absolute atomic E-state index is 0.183. The molecule has 0 saturated heterocycles. The number of hydrogen-bond donors (Lipinski definition) is 2. The van der Waals surface area contributed by atoms with Crippen molar-refractivity contribution >= 4 is 11.7 Å². The third-order valence-corrected chi connectivity index (χ3v) is 2.41. The summed E-state index contributed by atoms with van der Waals surface area (Å²) in [7, 11) is 1.75. The summed E-state index contributed by atoms with van der Waals surface area (Å²) in [4.78, 5) is 10.9. The fourth-order valence-corrected chi connectivity index (χ4v) is 1.74. The predicted molar refractivity (Wildman–Crippen MR) is 64.2 cm³/mol. The van der Waals surface area contributed by atoms with E-state index in [4.69, 9.17) is 11.0 Å². The molecule has 0 aromatic carbocycles. The number of primary amides is 1. The van der Waals surface area contributed by atoms with E-state index in [0.717, 1.165) is 0 Å². The Morgan fingerprint density at radius 2 is 2.24 bits per heavy atom. The van der Waals surface area contributed by atoms with Gasteiger partial charge in [-0.25, -0.2) is 0 Å². The van der Waals surface area contributed by atoms with Crippen molar-refractivity contribution in [2.45, 2.75) is 32.7 Å². The summed E-state index contributed by atoms with van der Waals surface area (Å²) < 4.78 is 1.59.